The summed E-state index contributed by atoms with van der Waals surface area (Å²) < 4.78 is 5.31. The van der Waals surface area contributed by atoms with Gasteiger partial charge in [0.1, 0.15) is 17.0 Å². The zero-order valence-corrected chi connectivity index (χ0v) is 15.9. The molecule has 1 amide bonds. The molecule has 2 aliphatic heterocycles. The number of aromatic nitrogens is 1. The maximum absolute atomic E-state index is 13.1. The van der Waals surface area contributed by atoms with E-state index in [4.69, 9.17) is 27.7 Å². The van der Waals surface area contributed by atoms with Crippen LogP contribution in [0.15, 0.2) is 22.7 Å². The Morgan fingerprint density at radius 1 is 1.24 bits per heavy atom. The molecule has 0 unspecified atom stereocenters. The molecule has 1 aromatic heterocycles. The summed E-state index contributed by atoms with van der Waals surface area (Å²) >= 11 is 12.6. The number of amides is 1. The molecule has 0 radical (unpaired) electrons. The first-order valence-electron chi connectivity index (χ1n) is 7.97. The number of halogens is 3. The molecule has 25 heavy (non-hydrogen) atoms. The standard InChI is InChI=1S/C17H17Cl2N3O2.ClH/c1-9-14(17(23)22-7-10-5-20-6-11(10)8-22)16(21-24-9)15-12(18)3-2-4-13(15)19;/h2-4,10-11,20H,5-8H2,1H3;1H/t10-,11+;. The van der Waals surface area contributed by atoms with Crippen molar-refractivity contribution in [1.29, 1.82) is 0 Å². The first kappa shape index (κ1) is 18.5. The van der Waals surface area contributed by atoms with Crippen molar-refractivity contribution < 1.29 is 9.32 Å². The molecular weight excluding hydrogens is 385 g/mol. The van der Waals surface area contributed by atoms with Crippen LogP contribution in [-0.2, 0) is 0 Å². The van der Waals surface area contributed by atoms with E-state index in [9.17, 15) is 4.79 Å². The van der Waals surface area contributed by atoms with E-state index >= 15 is 0 Å². The van der Waals surface area contributed by atoms with Gasteiger partial charge in [-0.25, -0.2) is 0 Å². The molecule has 4 rings (SSSR count). The number of carbonyl (C=O) groups excluding carboxylic acids is 1. The molecule has 1 aromatic carbocycles. The number of rotatable bonds is 2. The fourth-order valence-corrected chi connectivity index (χ4v) is 4.27. The molecule has 2 fully saturated rings. The minimum absolute atomic E-state index is 0. The van der Waals surface area contributed by atoms with Gasteiger partial charge in [0.05, 0.1) is 10.0 Å². The fourth-order valence-electron chi connectivity index (χ4n) is 3.70. The Bertz CT molecular complexity index is 776. The Balaban J connectivity index is 0.00000182. The predicted molar refractivity (Wildman–Crippen MR) is 99.7 cm³/mol. The molecule has 8 heteroatoms. The van der Waals surface area contributed by atoms with Gasteiger partial charge in [-0.3, -0.25) is 4.79 Å². The Morgan fingerprint density at radius 2 is 1.84 bits per heavy atom. The van der Waals surface area contributed by atoms with Gasteiger partial charge in [-0.15, -0.1) is 12.4 Å². The number of carbonyl (C=O) groups is 1. The Morgan fingerprint density at radius 3 is 2.44 bits per heavy atom. The number of nitrogens with one attached hydrogen (secondary N) is 1. The van der Waals surface area contributed by atoms with E-state index in [1.807, 2.05) is 4.90 Å². The minimum atomic E-state index is -0.0610. The number of fused-ring (bicyclic) bond motifs is 1. The summed E-state index contributed by atoms with van der Waals surface area (Å²) in [5.74, 6) is 1.48. The predicted octanol–water partition coefficient (Wildman–Crippen LogP) is 3.67. The van der Waals surface area contributed by atoms with Crippen molar-refractivity contribution in [2.24, 2.45) is 11.8 Å². The van der Waals surface area contributed by atoms with Crippen LogP contribution in [0.5, 0.6) is 0 Å². The number of likely N-dealkylation sites (tertiary alicyclic amines) is 1. The molecule has 0 bridgehead atoms. The smallest absolute Gasteiger partial charge is 0.259 e. The van der Waals surface area contributed by atoms with Gasteiger partial charge in [-0.2, -0.15) is 0 Å². The largest absolute Gasteiger partial charge is 0.360 e. The molecule has 2 atom stereocenters. The van der Waals surface area contributed by atoms with Gasteiger partial charge in [0.15, 0.2) is 0 Å². The lowest BCUT2D eigenvalue weighted by Crippen LogP contribution is -2.32. The van der Waals surface area contributed by atoms with Crippen LogP contribution < -0.4 is 5.32 Å². The van der Waals surface area contributed by atoms with Crippen molar-refractivity contribution in [3.05, 3.63) is 39.6 Å². The SMILES string of the molecule is Cc1onc(-c2c(Cl)cccc2Cl)c1C(=O)N1C[C@H]2CNC[C@H]2C1.Cl. The molecule has 0 aliphatic carbocycles. The molecule has 2 aromatic rings. The molecule has 134 valence electrons. The molecule has 5 nitrogen and oxygen atoms in total. The highest BCUT2D eigenvalue weighted by Gasteiger charge is 2.40. The first-order valence-corrected chi connectivity index (χ1v) is 8.72. The number of nitrogens with zero attached hydrogens (tertiary/aromatic N) is 2. The van der Waals surface area contributed by atoms with Crippen LogP contribution >= 0.6 is 35.6 Å². The van der Waals surface area contributed by atoms with E-state index in [-0.39, 0.29) is 18.3 Å². The van der Waals surface area contributed by atoms with Crippen LogP contribution in [0.25, 0.3) is 11.3 Å². The molecule has 2 saturated heterocycles. The van der Waals surface area contributed by atoms with Crippen LogP contribution in [0.3, 0.4) is 0 Å². The summed E-state index contributed by atoms with van der Waals surface area (Å²) in [6, 6.07) is 5.22. The number of aryl methyl sites for hydroxylation is 1. The lowest BCUT2D eigenvalue weighted by atomic mass is 10.0. The highest BCUT2D eigenvalue weighted by atomic mass is 35.5. The van der Waals surface area contributed by atoms with Crippen molar-refractivity contribution in [1.82, 2.24) is 15.4 Å². The second-order valence-corrected chi connectivity index (χ2v) is 7.26. The quantitative estimate of drug-likeness (QED) is 0.832. The van der Waals surface area contributed by atoms with E-state index in [0.29, 0.717) is 44.5 Å². The monoisotopic (exact) mass is 401 g/mol. The van der Waals surface area contributed by atoms with Gasteiger partial charge in [-0.1, -0.05) is 34.4 Å². The summed E-state index contributed by atoms with van der Waals surface area (Å²) in [5.41, 5.74) is 1.42. The molecule has 1 N–H and O–H groups in total. The summed E-state index contributed by atoms with van der Waals surface area (Å²) in [4.78, 5) is 15.0. The third-order valence-corrected chi connectivity index (χ3v) is 5.58. The van der Waals surface area contributed by atoms with E-state index in [1.54, 1.807) is 25.1 Å². The third kappa shape index (κ3) is 3.14. The van der Waals surface area contributed by atoms with Crippen molar-refractivity contribution in [3.8, 4) is 11.3 Å². The molecule has 0 spiro atoms. The lowest BCUT2D eigenvalue weighted by Gasteiger charge is -2.18. The maximum Gasteiger partial charge on any atom is 0.259 e. The second kappa shape index (κ2) is 7.16. The maximum atomic E-state index is 13.1. The third-order valence-electron chi connectivity index (χ3n) is 4.95. The van der Waals surface area contributed by atoms with Gasteiger partial charge in [-0.05, 0) is 30.9 Å². The van der Waals surface area contributed by atoms with E-state index in [2.05, 4.69) is 10.5 Å². The van der Waals surface area contributed by atoms with Gasteiger partial charge < -0.3 is 14.7 Å². The van der Waals surface area contributed by atoms with Crippen molar-refractivity contribution in [2.75, 3.05) is 26.2 Å². The molecule has 3 heterocycles. The summed E-state index contributed by atoms with van der Waals surface area (Å²) in [7, 11) is 0. The highest BCUT2D eigenvalue weighted by Crippen LogP contribution is 2.38. The number of hydrogen-bond acceptors (Lipinski definition) is 4. The average molecular weight is 403 g/mol. The zero-order valence-electron chi connectivity index (χ0n) is 13.6. The minimum Gasteiger partial charge on any atom is -0.360 e. The van der Waals surface area contributed by atoms with E-state index in [0.717, 1.165) is 26.2 Å². The van der Waals surface area contributed by atoms with Crippen molar-refractivity contribution in [3.63, 3.8) is 0 Å². The number of benzene rings is 1. The van der Waals surface area contributed by atoms with E-state index in [1.165, 1.54) is 0 Å². The van der Waals surface area contributed by atoms with Crippen LogP contribution in [0, 0.1) is 18.8 Å². The fraction of sp³-hybridized carbons (Fsp3) is 0.412. The number of hydrogen-bond donors (Lipinski definition) is 1. The van der Waals surface area contributed by atoms with Crippen LogP contribution in [0.2, 0.25) is 10.0 Å². The highest BCUT2D eigenvalue weighted by molar-refractivity contribution is 6.39. The van der Waals surface area contributed by atoms with Crippen LogP contribution in [0.1, 0.15) is 16.1 Å². The van der Waals surface area contributed by atoms with Crippen molar-refractivity contribution >= 4 is 41.5 Å². The van der Waals surface area contributed by atoms with Crippen molar-refractivity contribution in [2.45, 2.75) is 6.92 Å². The topological polar surface area (TPSA) is 58.4 Å². The lowest BCUT2D eigenvalue weighted by molar-refractivity contribution is 0.0780. The van der Waals surface area contributed by atoms with Gasteiger partial charge in [0, 0.05) is 31.7 Å². The Labute approximate surface area is 162 Å². The summed E-state index contributed by atoms with van der Waals surface area (Å²) in [6.45, 7) is 5.21. The van der Waals surface area contributed by atoms with Crippen LogP contribution in [-0.4, -0.2) is 42.1 Å². The molecule has 0 saturated carbocycles. The van der Waals surface area contributed by atoms with Gasteiger partial charge in [0.2, 0.25) is 0 Å². The molecule has 2 aliphatic rings. The summed E-state index contributed by atoms with van der Waals surface area (Å²) in [5, 5.41) is 8.35. The second-order valence-electron chi connectivity index (χ2n) is 6.45. The van der Waals surface area contributed by atoms with Gasteiger partial charge >= 0.3 is 0 Å². The summed E-state index contributed by atoms with van der Waals surface area (Å²) in [6.07, 6.45) is 0. The zero-order chi connectivity index (χ0) is 16.8. The Hall–Kier alpha value is -1.27. The van der Waals surface area contributed by atoms with E-state index < -0.39 is 0 Å². The Kier molecular flexibility index (Phi) is 5.30. The first-order chi connectivity index (χ1) is 11.6. The molecular formula is C17H18Cl3N3O2. The van der Waals surface area contributed by atoms with Gasteiger partial charge in [0.25, 0.3) is 5.91 Å². The van der Waals surface area contributed by atoms with Crippen LogP contribution in [0.4, 0.5) is 0 Å². The normalized spacial score (nSPS) is 22.0. The average Bonchev–Trinajstić information content (AvgIpc) is 3.21.